The maximum absolute atomic E-state index is 12.7. The Labute approximate surface area is 157 Å². The van der Waals surface area contributed by atoms with Crippen LogP contribution in [0.4, 0.5) is 0 Å². The lowest BCUT2D eigenvalue weighted by atomic mass is 9.94. The van der Waals surface area contributed by atoms with Crippen molar-refractivity contribution in [2.45, 2.75) is 32.2 Å². The van der Waals surface area contributed by atoms with Crippen LogP contribution in [0.25, 0.3) is 0 Å². The summed E-state index contributed by atoms with van der Waals surface area (Å²) in [6.45, 7) is 4.53. The lowest BCUT2D eigenvalue weighted by Gasteiger charge is -2.19. The Balaban J connectivity index is 1.74. The Morgan fingerprint density at radius 2 is 2.04 bits per heavy atom. The van der Waals surface area contributed by atoms with Gasteiger partial charge in [-0.05, 0) is 24.6 Å². The number of carbonyl (C=O) groups excluding carboxylic acids is 2. The first-order valence-corrected chi connectivity index (χ1v) is 9.44. The van der Waals surface area contributed by atoms with Crippen LogP contribution in [0.1, 0.15) is 29.1 Å². The Bertz CT molecular complexity index is 788. The van der Waals surface area contributed by atoms with E-state index in [1.807, 2.05) is 41.5 Å². The molecule has 2 atom stereocenters. The van der Waals surface area contributed by atoms with E-state index in [1.54, 1.807) is 18.4 Å². The number of aromatic nitrogens is 1. The molecule has 0 aliphatic carbocycles. The van der Waals surface area contributed by atoms with Crippen LogP contribution in [0.15, 0.2) is 29.6 Å². The molecule has 1 aliphatic rings. The minimum Gasteiger partial charge on any atom is -0.497 e. The highest BCUT2D eigenvalue weighted by molar-refractivity contribution is 7.09. The lowest BCUT2D eigenvalue weighted by molar-refractivity contribution is -0.129. The van der Waals surface area contributed by atoms with Gasteiger partial charge in [0.2, 0.25) is 11.8 Å². The summed E-state index contributed by atoms with van der Waals surface area (Å²) in [7, 11) is 1.63. The first-order valence-electron chi connectivity index (χ1n) is 8.56. The SMILES string of the molecule is COc1ccc([C@@H]2CN(C(=O)Cc3csc(C)n3)C[C@H]2NC(C)=O)cc1. The van der Waals surface area contributed by atoms with Crippen LogP contribution < -0.4 is 10.1 Å². The zero-order valence-corrected chi connectivity index (χ0v) is 16.0. The normalized spacial score (nSPS) is 19.4. The van der Waals surface area contributed by atoms with Gasteiger partial charge in [-0.25, -0.2) is 4.98 Å². The van der Waals surface area contributed by atoms with Gasteiger partial charge in [-0.1, -0.05) is 12.1 Å². The fourth-order valence-electron chi connectivity index (χ4n) is 3.36. The van der Waals surface area contributed by atoms with Crippen LogP contribution in [0, 0.1) is 6.92 Å². The molecule has 3 rings (SSSR count). The fourth-order valence-corrected chi connectivity index (χ4v) is 3.97. The van der Waals surface area contributed by atoms with E-state index >= 15 is 0 Å². The maximum atomic E-state index is 12.7. The maximum Gasteiger partial charge on any atom is 0.228 e. The van der Waals surface area contributed by atoms with Crippen molar-refractivity contribution < 1.29 is 14.3 Å². The molecule has 2 aromatic rings. The second kappa shape index (κ2) is 7.86. The number of nitrogens with one attached hydrogen (secondary N) is 1. The molecule has 0 spiro atoms. The molecule has 2 heterocycles. The van der Waals surface area contributed by atoms with Gasteiger partial charge in [0.25, 0.3) is 0 Å². The van der Waals surface area contributed by atoms with E-state index in [2.05, 4.69) is 10.3 Å². The number of amides is 2. The van der Waals surface area contributed by atoms with Gasteiger partial charge < -0.3 is 15.0 Å². The average Bonchev–Trinajstić information content (AvgIpc) is 3.21. The predicted molar refractivity (Wildman–Crippen MR) is 100 cm³/mol. The first-order chi connectivity index (χ1) is 12.5. The molecule has 7 heteroatoms. The number of ether oxygens (including phenoxy) is 1. The third kappa shape index (κ3) is 4.22. The fraction of sp³-hybridized carbons (Fsp3) is 0.421. The second-order valence-electron chi connectivity index (χ2n) is 6.52. The lowest BCUT2D eigenvalue weighted by Crippen LogP contribution is -2.39. The minimum absolute atomic E-state index is 0.0432. The van der Waals surface area contributed by atoms with Crippen molar-refractivity contribution in [3.63, 3.8) is 0 Å². The summed E-state index contributed by atoms with van der Waals surface area (Å²) >= 11 is 1.55. The van der Waals surface area contributed by atoms with Crippen molar-refractivity contribution in [2.75, 3.05) is 20.2 Å². The number of nitrogens with zero attached hydrogens (tertiary/aromatic N) is 2. The standard InChI is InChI=1S/C19H23N3O3S/c1-12(23)20-18-10-22(19(24)8-15-11-26-13(2)21-15)9-17(18)14-4-6-16(25-3)7-5-14/h4-7,11,17-18H,8-10H2,1-3H3,(H,20,23)/t17-,18+/m0/s1. The molecule has 0 unspecified atom stereocenters. The van der Waals surface area contributed by atoms with Gasteiger partial charge in [-0.2, -0.15) is 0 Å². The molecule has 26 heavy (non-hydrogen) atoms. The highest BCUT2D eigenvalue weighted by Crippen LogP contribution is 2.29. The van der Waals surface area contributed by atoms with Crippen molar-refractivity contribution in [2.24, 2.45) is 0 Å². The van der Waals surface area contributed by atoms with E-state index in [0.29, 0.717) is 19.5 Å². The van der Waals surface area contributed by atoms with Gasteiger partial charge in [0.15, 0.2) is 0 Å². The highest BCUT2D eigenvalue weighted by atomic mass is 32.1. The molecule has 1 saturated heterocycles. The van der Waals surface area contributed by atoms with Crippen LogP contribution in [0.2, 0.25) is 0 Å². The van der Waals surface area contributed by atoms with E-state index in [0.717, 1.165) is 22.0 Å². The number of hydrogen-bond donors (Lipinski definition) is 1. The number of aryl methyl sites for hydroxylation is 1. The molecule has 1 aromatic heterocycles. The smallest absolute Gasteiger partial charge is 0.228 e. The molecule has 0 saturated carbocycles. The molecular formula is C19H23N3O3S. The van der Waals surface area contributed by atoms with Crippen molar-refractivity contribution in [3.8, 4) is 5.75 Å². The van der Waals surface area contributed by atoms with Crippen molar-refractivity contribution in [3.05, 3.63) is 45.9 Å². The third-order valence-electron chi connectivity index (χ3n) is 4.60. The Kier molecular flexibility index (Phi) is 5.56. The zero-order chi connectivity index (χ0) is 18.7. The predicted octanol–water partition coefficient (Wildman–Crippen LogP) is 2.13. The summed E-state index contributed by atoms with van der Waals surface area (Å²) in [4.78, 5) is 30.5. The average molecular weight is 373 g/mol. The number of hydrogen-bond acceptors (Lipinski definition) is 5. The van der Waals surface area contributed by atoms with Gasteiger partial charge in [-0.15, -0.1) is 11.3 Å². The Morgan fingerprint density at radius 1 is 1.31 bits per heavy atom. The number of benzene rings is 1. The summed E-state index contributed by atoms with van der Waals surface area (Å²) in [6.07, 6.45) is 0.298. The van der Waals surface area contributed by atoms with Crippen molar-refractivity contribution >= 4 is 23.2 Å². The van der Waals surface area contributed by atoms with E-state index < -0.39 is 0 Å². The van der Waals surface area contributed by atoms with Gasteiger partial charge in [0.05, 0.1) is 30.3 Å². The largest absolute Gasteiger partial charge is 0.497 e. The summed E-state index contributed by atoms with van der Waals surface area (Å²) in [5, 5.41) is 5.88. The van der Waals surface area contributed by atoms with Crippen LogP contribution in [0.5, 0.6) is 5.75 Å². The molecule has 1 aliphatic heterocycles. The van der Waals surface area contributed by atoms with Crippen LogP contribution in [-0.2, 0) is 16.0 Å². The monoisotopic (exact) mass is 373 g/mol. The third-order valence-corrected chi connectivity index (χ3v) is 5.43. The molecule has 0 bridgehead atoms. The Morgan fingerprint density at radius 3 is 2.62 bits per heavy atom. The second-order valence-corrected chi connectivity index (χ2v) is 7.58. The molecule has 138 valence electrons. The number of rotatable bonds is 5. The summed E-state index contributed by atoms with van der Waals surface area (Å²) < 4.78 is 5.21. The summed E-state index contributed by atoms with van der Waals surface area (Å²) in [5.41, 5.74) is 1.89. The molecular weight excluding hydrogens is 350 g/mol. The van der Waals surface area contributed by atoms with Crippen molar-refractivity contribution in [1.29, 1.82) is 0 Å². The molecule has 2 amide bonds. The topological polar surface area (TPSA) is 71.5 Å². The Hall–Kier alpha value is -2.41. The van der Waals surface area contributed by atoms with E-state index in [1.165, 1.54) is 6.92 Å². The summed E-state index contributed by atoms with van der Waals surface area (Å²) in [5.74, 6) is 0.806. The van der Waals surface area contributed by atoms with Gasteiger partial charge >= 0.3 is 0 Å². The zero-order valence-electron chi connectivity index (χ0n) is 15.2. The van der Waals surface area contributed by atoms with Gasteiger partial charge in [0, 0.05) is 31.3 Å². The van der Waals surface area contributed by atoms with Crippen LogP contribution in [0.3, 0.4) is 0 Å². The summed E-state index contributed by atoms with van der Waals surface area (Å²) in [6, 6.07) is 7.71. The number of thiazole rings is 1. The van der Waals surface area contributed by atoms with Gasteiger partial charge in [0.1, 0.15) is 5.75 Å². The minimum atomic E-state index is -0.0954. The van der Waals surface area contributed by atoms with E-state index in [4.69, 9.17) is 4.74 Å². The number of carbonyl (C=O) groups is 2. The number of likely N-dealkylation sites (tertiary alicyclic amines) is 1. The molecule has 1 aromatic carbocycles. The molecule has 1 N–H and O–H groups in total. The molecule has 1 fully saturated rings. The van der Waals surface area contributed by atoms with E-state index in [-0.39, 0.29) is 23.8 Å². The molecule has 0 radical (unpaired) electrons. The first kappa shape index (κ1) is 18.4. The highest BCUT2D eigenvalue weighted by Gasteiger charge is 2.36. The quantitative estimate of drug-likeness (QED) is 0.872. The van der Waals surface area contributed by atoms with Crippen LogP contribution >= 0.6 is 11.3 Å². The van der Waals surface area contributed by atoms with Gasteiger partial charge in [-0.3, -0.25) is 9.59 Å². The number of methoxy groups -OCH3 is 1. The molecule has 6 nitrogen and oxygen atoms in total. The van der Waals surface area contributed by atoms with Crippen LogP contribution in [-0.4, -0.2) is 47.9 Å². The van der Waals surface area contributed by atoms with Crippen molar-refractivity contribution in [1.82, 2.24) is 15.2 Å². The van der Waals surface area contributed by atoms with E-state index in [9.17, 15) is 9.59 Å².